The Labute approximate surface area is 225 Å². The Kier molecular flexibility index (Phi) is 9.97. The number of fused-ring (bicyclic) bond motifs is 1. The van der Waals surface area contributed by atoms with Crippen LogP contribution in [0.2, 0.25) is 0 Å². The third kappa shape index (κ3) is 8.41. The van der Waals surface area contributed by atoms with Crippen molar-refractivity contribution in [2.75, 3.05) is 31.5 Å². The van der Waals surface area contributed by atoms with Crippen molar-refractivity contribution in [2.24, 2.45) is 0 Å². The van der Waals surface area contributed by atoms with E-state index in [1.165, 1.54) is 12.5 Å². The molecular formula is C26H32F3N3O6S. The van der Waals surface area contributed by atoms with Crippen LogP contribution in [0, 0.1) is 0 Å². The number of ether oxygens (including phenoxy) is 1. The average Bonchev–Trinajstić information content (AvgIpc) is 2.89. The Morgan fingerprint density at radius 2 is 1.72 bits per heavy atom. The van der Waals surface area contributed by atoms with E-state index >= 15 is 0 Å². The number of rotatable bonds is 6. The van der Waals surface area contributed by atoms with E-state index in [9.17, 15) is 26.4 Å². The van der Waals surface area contributed by atoms with Crippen molar-refractivity contribution < 1.29 is 41.0 Å². The lowest BCUT2D eigenvalue weighted by Gasteiger charge is -2.43. The second-order valence-corrected chi connectivity index (χ2v) is 11.5. The summed E-state index contributed by atoms with van der Waals surface area (Å²) in [6.07, 6.45) is -1.64. The number of nitrogens with one attached hydrogen (secondary N) is 1. The van der Waals surface area contributed by atoms with Gasteiger partial charge in [0.1, 0.15) is 5.75 Å². The number of piperazine rings is 1. The number of sulfonamides is 1. The largest absolute Gasteiger partial charge is 0.491 e. The third-order valence-corrected chi connectivity index (χ3v) is 8.12. The molecule has 0 spiro atoms. The summed E-state index contributed by atoms with van der Waals surface area (Å²) in [6.45, 7) is 6.72. The molecule has 1 unspecified atom stereocenters. The fraction of sp³-hybridized carbons (Fsp3) is 0.462. The van der Waals surface area contributed by atoms with Gasteiger partial charge < -0.3 is 15.2 Å². The van der Waals surface area contributed by atoms with Crippen LogP contribution in [0.5, 0.6) is 5.75 Å². The minimum absolute atomic E-state index is 0.0706. The Balaban J connectivity index is 0.000000532. The lowest BCUT2D eigenvalue weighted by Crippen LogP contribution is -2.56. The topological polar surface area (TPSA) is 116 Å². The van der Waals surface area contributed by atoms with Gasteiger partial charge in [0.15, 0.2) is 0 Å². The summed E-state index contributed by atoms with van der Waals surface area (Å²) in [5.41, 5.74) is 0.928. The first-order valence-corrected chi connectivity index (χ1v) is 13.9. The molecule has 2 aromatic carbocycles. The molecule has 2 N–H and O–H groups in total. The second-order valence-electron chi connectivity index (χ2n) is 9.52. The van der Waals surface area contributed by atoms with Crippen LogP contribution in [0.25, 0.3) is 0 Å². The maximum atomic E-state index is 13.3. The Hall–Kier alpha value is -3.16. The van der Waals surface area contributed by atoms with Gasteiger partial charge in [-0.3, -0.25) is 9.69 Å². The van der Waals surface area contributed by atoms with Gasteiger partial charge in [-0.25, -0.2) is 13.2 Å². The number of carbonyl (C=O) groups is 2. The predicted molar refractivity (Wildman–Crippen MR) is 138 cm³/mol. The number of halogens is 3. The van der Waals surface area contributed by atoms with Crippen molar-refractivity contribution in [2.45, 2.75) is 56.3 Å². The highest BCUT2D eigenvalue weighted by atomic mass is 32.2. The zero-order valence-corrected chi connectivity index (χ0v) is 22.5. The van der Waals surface area contributed by atoms with Crippen molar-refractivity contribution in [1.82, 2.24) is 9.21 Å². The summed E-state index contributed by atoms with van der Waals surface area (Å²) < 4.78 is 65.5. The molecule has 13 heteroatoms. The number of benzene rings is 2. The number of carboxylic acids is 1. The lowest BCUT2D eigenvalue weighted by atomic mass is 10.0. The normalized spacial score (nSPS) is 18.5. The van der Waals surface area contributed by atoms with Crippen LogP contribution in [-0.4, -0.2) is 79.1 Å². The van der Waals surface area contributed by atoms with E-state index < -0.39 is 22.2 Å². The van der Waals surface area contributed by atoms with E-state index in [1.54, 1.807) is 46.8 Å². The third-order valence-electron chi connectivity index (χ3n) is 6.26. The van der Waals surface area contributed by atoms with Crippen LogP contribution in [0.1, 0.15) is 43.5 Å². The minimum Gasteiger partial charge on any atom is -0.491 e. The molecule has 2 aromatic rings. The number of anilines is 1. The summed E-state index contributed by atoms with van der Waals surface area (Å²) in [5, 5.41) is 9.95. The summed E-state index contributed by atoms with van der Waals surface area (Å²) >= 11 is 0. The summed E-state index contributed by atoms with van der Waals surface area (Å²) in [4.78, 5) is 24.2. The zero-order valence-electron chi connectivity index (χ0n) is 21.6. The van der Waals surface area contributed by atoms with Crippen molar-refractivity contribution >= 4 is 27.6 Å². The molecule has 0 radical (unpaired) electrons. The van der Waals surface area contributed by atoms with E-state index in [0.29, 0.717) is 30.4 Å². The molecule has 2 saturated heterocycles. The molecule has 0 aromatic heterocycles. The van der Waals surface area contributed by atoms with E-state index in [2.05, 4.69) is 10.2 Å². The first-order valence-electron chi connectivity index (χ1n) is 12.5. The molecule has 1 atom stereocenters. The van der Waals surface area contributed by atoms with Gasteiger partial charge in [0.05, 0.1) is 11.0 Å². The number of carboxylic acid groups (broad SMARTS) is 1. The summed E-state index contributed by atoms with van der Waals surface area (Å²) in [6, 6.07) is 13.7. The van der Waals surface area contributed by atoms with Crippen molar-refractivity contribution in [3.05, 3.63) is 54.1 Å². The van der Waals surface area contributed by atoms with Crippen LogP contribution in [0.4, 0.5) is 18.9 Å². The van der Waals surface area contributed by atoms with Crippen LogP contribution in [0.15, 0.2) is 53.4 Å². The van der Waals surface area contributed by atoms with Crippen molar-refractivity contribution in [3.63, 3.8) is 0 Å². The highest BCUT2D eigenvalue weighted by Crippen LogP contribution is 2.26. The van der Waals surface area contributed by atoms with Gasteiger partial charge in [-0.05, 0) is 75.7 Å². The number of alkyl halides is 3. The number of aliphatic carboxylic acids is 1. The number of carbonyl (C=O) groups excluding carboxylic acids is 1. The fourth-order valence-corrected chi connectivity index (χ4v) is 5.90. The number of hydrogen-bond donors (Lipinski definition) is 2. The molecule has 2 fully saturated rings. The van der Waals surface area contributed by atoms with E-state index in [1.807, 2.05) is 13.8 Å². The number of amides is 1. The standard InChI is InChI=1S/C24H31N3O4S.C2HF3O2/c1-18(2)31-22-11-9-20(10-12-22)25-24(28)19-6-5-8-23(16-19)32(29,30)27-15-14-26-13-4-3-7-21(26)17-27;3-2(4,5)1(6)7/h5-6,8-12,16,18,21H,3-4,7,13-15,17H2,1-2H3,(H,25,28);(H,6,7). The van der Waals surface area contributed by atoms with Crippen molar-refractivity contribution in [1.29, 1.82) is 0 Å². The molecule has 214 valence electrons. The molecule has 0 aliphatic carbocycles. The maximum Gasteiger partial charge on any atom is 0.490 e. The number of nitrogens with zero attached hydrogens (tertiary/aromatic N) is 2. The Bertz CT molecular complexity index is 1250. The van der Waals surface area contributed by atoms with Crippen LogP contribution >= 0.6 is 0 Å². The molecule has 9 nitrogen and oxygen atoms in total. The van der Waals surface area contributed by atoms with Gasteiger partial charge >= 0.3 is 12.1 Å². The highest BCUT2D eigenvalue weighted by Gasteiger charge is 2.38. The van der Waals surface area contributed by atoms with Crippen LogP contribution in [0.3, 0.4) is 0 Å². The Morgan fingerprint density at radius 3 is 2.33 bits per heavy atom. The molecule has 2 aliphatic rings. The fourth-order valence-electron chi connectivity index (χ4n) is 4.38. The number of piperidine rings is 1. The van der Waals surface area contributed by atoms with E-state index in [-0.39, 0.29) is 16.9 Å². The SMILES string of the molecule is CC(C)Oc1ccc(NC(=O)c2cccc(S(=O)(=O)N3CCN4CCCCC4C3)c2)cc1.O=C(O)C(F)(F)F. The molecule has 2 aliphatic heterocycles. The number of hydrogen-bond acceptors (Lipinski definition) is 6. The van der Waals surface area contributed by atoms with Crippen LogP contribution < -0.4 is 10.1 Å². The first-order chi connectivity index (χ1) is 18.3. The van der Waals surface area contributed by atoms with Gasteiger partial charge in [-0.1, -0.05) is 12.5 Å². The average molecular weight is 572 g/mol. The first kappa shape index (κ1) is 30.4. The monoisotopic (exact) mass is 571 g/mol. The maximum absolute atomic E-state index is 13.3. The van der Waals surface area contributed by atoms with Gasteiger partial charge in [0.2, 0.25) is 10.0 Å². The minimum atomic E-state index is -5.08. The summed E-state index contributed by atoms with van der Waals surface area (Å²) in [7, 11) is -3.65. The predicted octanol–water partition coefficient (Wildman–Crippen LogP) is 4.22. The van der Waals surface area contributed by atoms with E-state index in [4.69, 9.17) is 14.6 Å². The molecule has 0 saturated carbocycles. The van der Waals surface area contributed by atoms with Gasteiger partial charge in [0, 0.05) is 36.9 Å². The smallest absolute Gasteiger partial charge is 0.490 e. The van der Waals surface area contributed by atoms with Gasteiger partial charge in [-0.2, -0.15) is 17.5 Å². The van der Waals surface area contributed by atoms with Crippen LogP contribution in [-0.2, 0) is 14.8 Å². The molecule has 39 heavy (non-hydrogen) atoms. The van der Waals surface area contributed by atoms with Gasteiger partial charge in [-0.15, -0.1) is 0 Å². The van der Waals surface area contributed by atoms with E-state index in [0.717, 1.165) is 31.7 Å². The quantitative estimate of drug-likeness (QED) is 0.534. The molecule has 4 rings (SSSR count). The second kappa shape index (κ2) is 12.8. The Morgan fingerprint density at radius 1 is 1.05 bits per heavy atom. The summed E-state index contributed by atoms with van der Waals surface area (Å²) in [5.74, 6) is -2.38. The highest BCUT2D eigenvalue weighted by molar-refractivity contribution is 7.89. The zero-order chi connectivity index (χ0) is 28.8. The van der Waals surface area contributed by atoms with Gasteiger partial charge in [0.25, 0.3) is 5.91 Å². The van der Waals surface area contributed by atoms with Crippen molar-refractivity contribution in [3.8, 4) is 5.75 Å². The molecule has 0 bridgehead atoms. The lowest BCUT2D eigenvalue weighted by molar-refractivity contribution is -0.192. The molecular weight excluding hydrogens is 539 g/mol. The molecule has 2 heterocycles. The molecule has 1 amide bonds.